The largest absolute Gasteiger partial charge is 0.302 e. The number of nitrogens with zero attached hydrogens (tertiary/aromatic N) is 8. The van der Waals surface area contributed by atoms with E-state index in [1.54, 1.807) is 12.1 Å². The van der Waals surface area contributed by atoms with Crippen LogP contribution in [0.2, 0.25) is 5.02 Å². The van der Waals surface area contributed by atoms with Crippen molar-refractivity contribution in [1.82, 2.24) is 29.6 Å². The van der Waals surface area contributed by atoms with E-state index in [9.17, 15) is 10.1 Å². The molecular formula is C19H15ClN8O2S. The summed E-state index contributed by atoms with van der Waals surface area (Å²) in [6, 6.07) is 12.0. The molecule has 2 heterocycles. The van der Waals surface area contributed by atoms with Crippen molar-refractivity contribution < 1.29 is 4.92 Å². The Hall–Kier alpha value is -3.57. The normalized spacial score (nSPS) is 11.3. The van der Waals surface area contributed by atoms with E-state index in [2.05, 4.69) is 25.5 Å². The number of hydrogen-bond donors (Lipinski definition) is 0. The predicted molar refractivity (Wildman–Crippen MR) is 116 cm³/mol. The van der Waals surface area contributed by atoms with Gasteiger partial charge in [-0.2, -0.15) is 5.10 Å². The maximum atomic E-state index is 11.2. The lowest BCUT2D eigenvalue weighted by molar-refractivity contribution is -0.384. The van der Waals surface area contributed by atoms with Crippen molar-refractivity contribution in [1.29, 1.82) is 0 Å². The minimum atomic E-state index is -0.448. The Morgan fingerprint density at radius 1 is 1.19 bits per heavy atom. The maximum absolute atomic E-state index is 11.2. The molecule has 31 heavy (non-hydrogen) atoms. The third-order valence-electron chi connectivity index (χ3n) is 4.26. The maximum Gasteiger partial charge on any atom is 0.270 e. The number of nitro groups is 1. The Kier molecular flexibility index (Phi) is 6.05. The van der Waals surface area contributed by atoms with Crippen molar-refractivity contribution in [2.24, 2.45) is 5.10 Å². The minimum Gasteiger partial charge on any atom is -0.302 e. The van der Waals surface area contributed by atoms with Gasteiger partial charge in [-0.1, -0.05) is 23.7 Å². The first-order valence-corrected chi connectivity index (χ1v) is 10.3. The first-order valence-electron chi connectivity index (χ1n) is 9.09. The summed E-state index contributed by atoms with van der Waals surface area (Å²) in [7, 11) is 0. The van der Waals surface area contributed by atoms with Gasteiger partial charge in [0.15, 0.2) is 11.0 Å². The van der Waals surface area contributed by atoms with Crippen LogP contribution in [0.1, 0.15) is 12.5 Å². The number of benzene rings is 2. The summed E-state index contributed by atoms with van der Waals surface area (Å²) in [5.74, 6) is 0.689. The van der Waals surface area contributed by atoms with Gasteiger partial charge in [0, 0.05) is 39.7 Å². The van der Waals surface area contributed by atoms with Crippen LogP contribution in [0.15, 0.2) is 70.3 Å². The quantitative estimate of drug-likeness (QED) is 0.234. The van der Waals surface area contributed by atoms with Gasteiger partial charge in [0.25, 0.3) is 5.69 Å². The van der Waals surface area contributed by atoms with E-state index < -0.39 is 4.92 Å². The number of non-ortho nitro benzene ring substituents is 1. The smallest absolute Gasteiger partial charge is 0.270 e. The summed E-state index contributed by atoms with van der Waals surface area (Å²) in [6.07, 6.45) is 4.36. The van der Waals surface area contributed by atoms with E-state index >= 15 is 0 Å². The van der Waals surface area contributed by atoms with Crippen LogP contribution >= 0.6 is 23.4 Å². The van der Waals surface area contributed by atoms with E-state index in [1.807, 2.05) is 29.7 Å². The third-order valence-corrected chi connectivity index (χ3v) is 5.57. The molecule has 0 N–H and O–H groups in total. The zero-order valence-corrected chi connectivity index (χ0v) is 17.7. The SMILES string of the molecule is CCn1c(Sc2ccc([N+](=O)[O-])cc2C=Nn2cnnc2)nnc1-c1cccc(Cl)c1. The molecule has 0 spiro atoms. The molecule has 0 amide bonds. The first kappa shape index (κ1) is 20.7. The molecule has 12 heteroatoms. The van der Waals surface area contributed by atoms with Gasteiger partial charge in [0.2, 0.25) is 0 Å². The Balaban J connectivity index is 1.71. The average molecular weight is 455 g/mol. The molecular weight excluding hydrogens is 440 g/mol. The Morgan fingerprint density at radius 3 is 2.71 bits per heavy atom. The lowest BCUT2D eigenvalue weighted by Crippen LogP contribution is -2.00. The summed E-state index contributed by atoms with van der Waals surface area (Å²) in [4.78, 5) is 11.5. The molecule has 4 aromatic rings. The van der Waals surface area contributed by atoms with Gasteiger partial charge in [0.1, 0.15) is 12.7 Å². The second-order valence-electron chi connectivity index (χ2n) is 6.23. The lowest BCUT2D eigenvalue weighted by atomic mass is 10.2. The molecule has 0 aliphatic rings. The molecule has 0 aliphatic carbocycles. The molecule has 4 rings (SSSR count). The number of nitro benzene ring substituents is 1. The first-order chi connectivity index (χ1) is 15.0. The molecule has 2 aromatic carbocycles. The summed E-state index contributed by atoms with van der Waals surface area (Å²) >= 11 is 7.47. The minimum absolute atomic E-state index is 0.0360. The van der Waals surface area contributed by atoms with Crippen LogP contribution in [0.25, 0.3) is 11.4 Å². The molecule has 0 saturated carbocycles. The van der Waals surface area contributed by atoms with Gasteiger partial charge in [-0.05, 0) is 36.9 Å². The highest BCUT2D eigenvalue weighted by Crippen LogP contribution is 2.33. The summed E-state index contributed by atoms with van der Waals surface area (Å²) in [5.41, 5.74) is 1.38. The summed E-state index contributed by atoms with van der Waals surface area (Å²) < 4.78 is 3.36. The van der Waals surface area contributed by atoms with Crippen LogP contribution in [0.4, 0.5) is 5.69 Å². The monoisotopic (exact) mass is 454 g/mol. The van der Waals surface area contributed by atoms with Crippen molar-refractivity contribution in [2.45, 2.75) is 23.5 Å². The van der Waals surface area contributed by atoms with Crippen LogP contribution in [0, 0.1) is 10.1 Å². The number of rotatable bonds is 7. The molecule has 0 aliphatic heterocycles. The van der Waals surface area contributed by atoms with Gasteiger partial charge in [-0.15, -0.1) is 20.4 Å². The Labute approximate surface area is 185 Å². The van der Waals surface area contributed by atoms with Crippen molar-refractivity contribution >= 4 is 35.3 Å². The zero-order valence-electron chi connectivity index (χ0n) is 16.2. The number of aromatic nitrogens is 6. The topological polar surface area (TPSA) is 117 Å². The highest BCUT2D eigenvalue weighted by molar-refractivity contribution is 7.99. The third kappa shape index (κ3) is 4.62. The van der Waals surface area contributed by atoms with E-state index in [1.165, 1.54) is 47.4 Å². The number of halogens is 1. The second kappa shape index (κ2) is 9.06. The van der Waals surface area contributed by atoms with Crippen molar-refractivity contribution in [2.75, 3.05) is 0 Å². The molecule has 156 valence electrons. The van der Waals surface area contributed by atoms with Gasteiger partial charge in [-0.3, -0.25) is 10.1 Å². The summed E-state index contributed by atoms with van der Waals surface area (Å²) in [6.45, 7) is 2.63. The molecule has 0 bridgehead atoms. The molecule has 10 nitrogen and oxygen atoms in total. The molecule has 0 atom stereocenters. The van der Waals surface area contributed by atoms with E-state index in [0.717, 1.165) is 10.5 Å². The van der Waals surface area contributed by atoms with Gasteiger partial charge in [-0.25, -0.2) is 4.68 Å². The highest BCUT2D eigenvalue weighted by atomic mass is 35.5. The van der Waals surface area contributed by atoms with Gasteiger partial charge < -0.3 is 4.57 Å². The zero-order chi connectivity index (χ0) is 21.8. The number of hydrogen-bond acceptors (Lipinski definition) is 8. The van der Waals surface area contributed by atoms with Crippen LogP contribution < -0.4 is 0 Å². The van der Waals surface area contributed by atoms with Crippen molar-refractivity contribution in [3.8, 4) is 11.4 Å². The van der Waals surface area contributed by atoms with Crippen LogP contribution in [-0.2, 0) is 6.54 Å². The molecule has 0 unspecified atom stereocenters. The summed E-state index contributed by atoms with van der Waals surface area (Å²) in [5, 5.41) is 32.7. The average Bonchev–Trinajstić information content (AvgIpc) is 3.42. The molecule has 0 saturated heterocycles. The fraction of sp³-hybridized carbons (Fsp3) is 0.105. The Morgan fingerprint density at radius 2 is 2.00 bits per heavy atom. The highest BCUT2D eigenvalue weighted by Gasteiger charge is 2.17. The molecule has 2 aromatic heterocycles. The fourth-order valence-electron chi connectivity index (χ4n) is 2.82. The van der Waals surface area contributed by atoms with Gasteiger partial charge in [0.05, 0.1) is 11.1 Å². The van der Waals surface area contributed by atoms with E-state index in [4.69, 9.17) is 11.6 Å². The fourth-order valence-corrected chi connectivity index (χ4v) is 3.98. The second-order valence-corrected chi connectivity index (χ2v) is 7.67. The van der Waals surface area contributed by atoms with Crippen molar-refractivity contribution in [3.05, 3.63) is 75.8 Å². The van der Waals surface area contributed by atoms with E-state index in [-0.39, 0.29) is 5.69 Å². The molecule has 0 fully saturated rings. The van der Waals surface area contributed by atoms with E-state index in [0.29, 0.717) is 28.1 Å². The van der Waals surface area contributed by atoms with Crippen molar-refractivity contribution in [3.63, 3.8) is 0 Å². The lowest BCUT2D eigenvalue weighted by Gasteiger charge is -2.09. The van der Waals surface area contributed by atoms with Gasteiger partial charge >= 0.3 is 0 Å². The van der Waals surface area contributed by atoms with Crippen LogP contribution in [0.3, 0.4) is 0 Å². The molecule has 0 radical (unpaired) electrons. The van der Waals surface area contributed by atoms with Crippen LogP contribution in [0.5, 0.6) is 0 Å². The van der Waals surface area contributed by atoms with Crippen LogP contribution in [-0.4, -0.2) is 40.8 Å². The predicted octanol–water partition coefficient (Wildman–Crippen LogP) is 4.15. The Bertz CT molecular complexity index is 1260. The standard InChI is InChI=1S/C19H15ClN8O2S/c1-2-27-18(13-4-3-5-15(20)8-13)24-25-19(27)31-17-7-6-16(28(29)30)9-14(17)10-23-26-11-21-22-12-26/h3-12H,2H2,1H3.